The number of nitrogens with one attached hydrogen (secondary N) is 1. The van der Waals surface area contributed by atoms with E-state index in [0.717, 1.165) is 27.7 Å². The molecule has 3 amide bonds. The molecule has 12 rings (SSSR count). The number of esters is 8. The first-order valence-electron chi connectivity index (χ1n) is 42.7. The molecular formula is C95H118N2O32. The maximum atomic E-state index is 15.2. The van der Waals surface area contributed by atoms with Crippen molar-refractivity contribution in [2.75, 3.05) is 13.2 Å². The van der Waals surface area contributed by atoms with Gasteiger partial charge in [-0.1, -0.05) is 125 Å². The molecule has 6 fully saturated rings. The van der Waals surface area contributed by atoms with Gasteiger partial charge < -0.3 is 97.5 Å². The Morgan fingerprint density at radius 2 is 0.791 bits per heavy atom. The van der Waals surface area contributed by atoms with E-state index in [0.29, 0.717) is 10.5 Å². The minimum Gasteiger partial charge on any atom is -0.455 e. The molecule has 4 bridgehead atoms. The van der Waals surface area contributed by atoms with E-state index in [1.807, 2.05) is 0 Å². The van der Waals surface area contributed by atoms with Crippen LogP contribution in [0.15, 0.2) is 144 Å². The predicted molar refractivity (Wildman–Crippen MR) is 451 cm³/mol. The highest BCUT2D eigenvalue weighted by atomic mass is 16.7. The average Bonchev–Trinajstić information content (AvgIpc) is 0.672. The van der Waals surface area contributed by atoms with Crippen molar-refractivity contribution in [3.05, 3.63) is 166 Å². The molecule has 34 nitrogen and oxygen atoms in total. The second kappa shape index (κ2) is 36.1. The zero-order chi connectivity index (χ0) is 95.7. The van der Waals surface area contributed by atoms with Gasteiger partial charge in [-0.05, 0) is 148 Å². The fraction of sp³-hybridized carbons (Fsp3) is 0.568. The number of carbonyl (C=O) groups is 13. The van der Waals surface area contributed by atoms with Gasteiger partial charge in [-0.2, -0.15) is 0 Å². The number of ether oxygens (including phenoxy) is 13. The highest BCUT2D eigenvalue weighted by Crippen LogP contribution is 2.67. The fourth-order valence-electron chi connectivity index (χ4n) is 20.3. The number of imide groups is 1. The van der Waals surface area contributed by atoms with Crippen LogP contribution in [-0.4, -0.2) is 239 Å². The quantitative estimate of drug-likeness (QED) is 0.0277. The Bertz CT molecular complexity index is 5040. The van der Waals surface area contributed by atoms with Crippen molar-refractivity contribution in [3.63, 3.8) is 0 Å². The van der Waals surface area contributed by atoms with Gasteiger partial charge in [-0.3, -0.25) is 28.8 Å². The van der Waals surface area contributed by atoms with Gasteiger partial charge in [0.1, 0.15) is 88.9 Å². The first-order valence-corrected chi connectivity index (χ1v) is 42.7. The largest absolute Gasteiger partial charge is 0.455 e. The number of Topliss-reactive ketones (excluding diaryl/α,β-unsaturated/α-hetero) is 2. The van der Waals surface area contributed by atoms with Crippen molar-refractivity contribution in [2.24, 2.45) is 33.5 Å². The summed E-state index contributed by atoms with van der Waals surface area (Å²) in [6, 6.07) is 28.2. The van der Waals surface area contributed by atoms with Crippen molar-refractivity contribution in [1.29, 1.82) is 0 Å². The number of carbonyl (C=O) groups excluding carboxylic acids is 13. The number of fused-ring (bicyclic) bond motifs is 10. The van der Waals surface area contributed by atoms with Crippen LogP contribution in [0.3, 0.4) is 0 Å². The summed E-state index contributed by atoms with van der Waals surface area (Å²) in [5, 5.41) is 78.5. The van der Waals surface area contributed by atoms with Crippen molar-refractivity contribution < 1.29 is 155 Å². The number of amides is 3. The molecule has 129 heavy (non-hydrogen) atoms. The first-order chi connectivity index (χ1) is 59.8. The van der Waals surface area contributed by atoms with Crippen LogP contribution in [0.25, 0.3) is 0 Å². The number of benzene rings is 4. The van der Waals surface area contributed by atoms with E-state index < -0.39 is 248 Å². The summed E-state index contributed by atoms with van der Waals surface area (Å²) >= 11 is 0. The van der Waals surface area contributed by atoms with Crippen LogP contribution >= 0.6 is 0 Å². The molecule has 22 atom stereocenters. The Hall–Kier alpha value is -10.9. The Morgan fingerprint density at radius 3 is 1.12 bits per heavy atom. The number of aliphatic hydroxyl groups is 6. The third kappa shape index (κ3) is 18.5. The van der Waals surface area contributed by atoms with E-state index in [1.54, 1.807) is 147 Å². The lowest BCUT2D eigenvalue weighted by atomic mass is 9.44. The summed E-state index contributed by atoms with van der Waals surface area (Å²) < 4.78 is 76.9. The molecule has 0 radical (unpaired) electrons. The Kier molecular flexibility index (Phi) is 27.7. The van der Waals surface area contributed by atoms with Crippen LogP contribution in [0.4, 0.5) is 14.4 Å². The van der Waals surface area contributed by atoms with Crippen molar-refractivity contribution in [1.82, 2.24) is 10.2 Å². The topological polar surface area (TPSA) is 479 Å². The van der Waals surface area contributed by atoms with E-state index >= 15 is 14.4 Å². The number of ketones is 2. The van der Waals surface area contributed by atoms with Crippen LogP contribution in [0.2, 0.25) is 0 Å². The zero-order valence-electron chi connectivity index (χ0n) is 76.3. The molecule has 6 aliphatic carbocycles. The summed E-state index contributed by atoms with van der Waals surface area (Å²) in [5.41, 5.74) is -18.8. The molecular weight excluding hydrogens is 1680 g/mol. The minimum absolute atomic E-state index is 0.0322. The molecule has 2 aliphatic heterocycles. The summed E-state index contributed by atoms with van der Waals surface area (Å²) in [6.45, 7) is 29.7. The van der Waals surface area contributed by atoms with Crippen LogP contribution in [0, 0.1) is 33.5 Å². The fourth-order valence-corrected chi connectivity index (χ4v) is 20.3. The van der Waals surface area contributed by atoms with Crippen LogP contribution in [0.5, 0.6) is 0 Å². The molecule has 2 unspecified atom stereocenters. The predicted octanol–water partition coefficient (Wildman–Crippen LogP) is 9.31. The maximum absolute atomic E-state index is 15.2. The number of hydrogen-bond acceptors (Lipinski definition) is 32. The van der Waals surface area contributed by atoms with Gasteiger partial charge in [0.05, 0.1) is 59.2 Å². The molecule has 2 saturated heterocycles. The van der Waals surface area contributed by atoms with Crippen LogP contribution < -0.4 is 5.32 Å². The van der Waals surface area contributed by atoms with Gasteiger partial charge in [-0.25, -0.2) is 38.5 Å². The summed E-state index contributed by atoms with van der Waals surface area (Å²) in [6.07, 6.45) is -25.4. The van der Waals surface area contributed by atoms with Gasteiger partial charge >= 0.3 is 66.0 Å². The van der Waals surface area contributed by atoms with E-state index in [2.05, 4.69) is 5.32 Å². The van der Waals surface area contributed by atoms with Gasteiger partial charge in [0, 0.05) is 64.2 Å². The lowest BCUT2D eigenvalue weighted by Crippen LogP contribution is -2.81. The molecule has 0 aromatic heterocycles. The second-order valence-electron chi connectivity index (χ2n) is 39.0. The molecule has 4 aromatic rings. The van der Waals surface area contributed by atoms with Crippen LogP contribution in [0.1, 0.15) is 215 Å². The van der Waals surface area contributed by atoms with E-state index in [1.165, 1.54) is 91.8 Å². The summed E-state index contributed by atoms with van der Waals surface area (Å²) in [5.74, 6) is -13.1. The lowest BCUT2D eigenvalue weighted by molar-refractivity contribution is -0.346. The monoisotopic (exact) mass is 1800 g/mol. The molecule has 34 heteroatoms. The SMILES string of the molecule is CC(=O)O[C@@H](C(=O)O[C@H]1C[C@@]2(O)[C@@H](OC(=O)c3ccccc3)C3[C@](C)(C(=O)[C@H](O)C(=C1C)C2(C)C)[C@@H](O)C[C@H]1OC[C@@]31OC(C)=O)[C@@H](NC(=O)OC(C)(C)C)c1ccccc1.CC(=O)O[C@@H](C(=O)O[C@H]1C[C@@]2(O)[C@@H](OC(=O)c3ccccc3)C3[C@](C)(C(=O)[C@H](O)C(=C1C)C2(C)C)[C@@H](O)C[C@H]1OC[C@@]31OC(C)=O)[C@H](c1ccccc1)N(C(=O)OC(C)(C)C)C(=O)OC(C)(C)C. The van der Waals surface area contributed by atoms with Gasteiger partial charge in [0.15, 0.2) is 22.8 Å². The van der Waals surface area contributed by atoms with E-state index in [9.17, 15) is 78.6 Å². The van der Waals surface area contributed by atoms with Crippen molar-refractivity contribution in [3.8, 4) is 0 Å². The molecule has 7 N–H and O–H groups in total. The summed E-state index contributed by atoms with van der Waals surface area (Å²) in [4.78, 5) is 182. The highest BCUT2D eigenvalue weighted by molar-refractivity contribution is 5.96. The van der Waals surface area contributed by atoms with Crippen molar-refractivity contribution >= 4 is 77.6 Å². The van der Waals surface area contributed by atoms with E-state index in [-0.39, 0.29) is 65.0 Å². The molecule has 8 aliphatic rings. The Balaban J connectivity index is 0.000000251. The average molecular weight is 1800 g/mol. The molecule has 4 aromatic carbocycles. The normalized spacial score (nSPS) is 31.5. The number of aliphatic hydroxyl groups excluding tert-OH is 4. The van der Waals surface area contributed by atoms with Gasteiger partial charge in [0.2, 0.25) is 12.2 Å². The van der Waals surface area contributed by atoms with Gasteiger partial charge in [0.25, 0.3) is 0 Å². The standard InChI is InChI=1S/C50H63NO17.C45H55NO15/c1-26-31(64-42(58)37(63-27(2)52)35(29-19-15-13-16-20-29)51(43(59)67-45(4,5)6)44(60)68-46(7,8)9)24-50(61)40(65-41(57)30-21-17-14-18-22-30)38-48(12,39(56)36(55)34(26)47(50,10)11)32(54)23-33-49(38,25-62-33)66-28(3)53;1-23-28(58-39(53)34(57-24(2)47)32(26-16-12-10-13-17-26)46-40(54)61-41(4,5)6)21-45(55)37(59-38(52)27-18-14-11-15-19-27)35-43(9,36(51)33(50)31(23)42(45,7)8)29(49)20-30-44(35,22-56-30)60-25(3)48/h13-22,31-33,35-38,40,54-55,61H,23-25H2,1-12H3;10-19,28-30,32-35,37,49-50,55H,20-22H2,1-9H3,(H,46,54)/t31-,32-,33+,35-,36+,37+,38?,40-,48+,49-,50+;28-,29-,30+,32-,33+,34+,35?,37-,43+,44-,45+/m00/s1. The lowest BCUT2D eigenvalue weighted by Gasteiger charge is -2.67. The van der Waals surface area contributed by atoms with E-state index in [4.69, 9.17) is 61.6 Å². The summed E-state index contributed by atoms with van der Waals surface area (Å²) in [7, 11) is 0. The molecule has 4 saturated carbocycles. The minimum atomic E-state index is -2.48. The molecule has 0 spiro atoms. The third-order valence-corrected chi connectivity index (χ3v) is 26.4. The smallest absolute Gasteiger partial charge is 0.420 e. The number of hydrogen-bond donors (Lipinski definition) is 7. The molecule has 2 heterocycles. The molecule has 700 valence electrons. The number of alkyl carbamates (subject to hydrolysis) is 1. The van der Waals surface area contributed by atoms with Gasteiger partial charge in [-0.15, -0.1) is 0 Å². The third-order valence-electron chi connectivity index (χ3n) is 26.4. The van der Waals surface area contributed by atoms with Crippen LogP contribution in [-0.2, 0) is 99.9 Å². The number of nitrogens with zero attached hydrogens (tertiary/aromatic N) is 1. The van der Waals surface area contributed by atoms with Crippen molar-refractivity contribution in [2.45, 2.75) is 296 Å². The highest BCUT2D eigenvalue weighted by Gasteiger charge is 2.81. The number of rotatable bonds is 18. The second-order valence-corrected chi connectivity index (χ2v) is 39.0. The Labute approximate surface area is 747 Å². The Morgan fingerprint density at radius 1 is 0.457 bits per heavy atom. The zero-order valence-corrected chi connectivity index (χ0v) is 76.3. The first kappa shape index (κ1) is 98.7. The maximum Gasteiger partial charge on any atom is 0.420 e.